The van der Waals surface area contributed by atoms with Gasteiger partial charge in [0.2, 0.25) is 0 Å². The first kappa shape index (κ1) is 15.4. The Bertz CT molecular complexity index is 408. The van der Waals surface area contributed by atoms with Crippen LogP contribution in [0.5, 0.6) is 0 Å². The number of halogens is 2. The first-order valence-corrected chi connectivity index (χ1v) is 7.50. The van der Waals surface area contributed by atoms with Gasteiger partial charge < -0.3 is 5.32 Å². The fourth-order valence-electron chi connectivity index (χ4n) is 3.01. The summed E-state index contributed by atoms with van der Waals surface area (Å²) in [5.41, 5.74) is 0.200. The van der Waals surface area contributed by atoms with E-state index < -0.39 is 11.6 Å². The van der Waals surface area contributed by atoms with Gasteiger partial charge in [-0.15, -0.1) is 0 Å². The van der Waals surface area contributed by atoms with E-state index in [1.807, 2.05) is 0 Å². The average Bonchev–Trinajstić information content (AvgIpc) is 2.44. The van der Waals surface area contributed by atoms with Crippen molar-refractivity contribution in [2.24, 2.45) is 5.92 Å². The molecule has 1 atom stereocenters. The predicted octanol–water partition coefficient (Wildman–Crippen LogP) is 3.17. The summed E-state index contributed by atoms with van der Waals surface area (Å²) < 4.78 is 27.3. The highest BCUT2D eigenvalue weighted by Gasteiger charge is 2.24. The van der Waals surface area contributed by atoms with E-state index in [0.717, 1.165) is 32.5 Å². The van der Waals surface area contributed by atoms with Crippen LogP contribution >= 0.6 is 0 Å². The van der Waals surface area contributed by atoms with Crippen LogP contribution < -0.4 is 5.32 Å². The Morgan fingerprint density at radius 1 is 1.25 bits per heavy atom. The van der Waals surface area contributed by atoms with Crippen LogP contribution in [0.3, 0.4) is 0 Å². The molecule has 20 heavy (non-hydrogen) atoms. The van der Waals surface area contributed by atoms with E-state index in [9.17, 15) is 8.78 Å². The Morgan fingerprint density at radius 2 is 1.85 bits per heavy atom. The molecule has 112 valence electrons. The molecule has 0 saturated carbocycles. The molecule has 1 aromatic carbocycles. The van der Waals surface area contributed by atoms with Crippen molar-refractivity contribution < 1.29 is 8.78 Å². The van der Waals surface area contributed by atoms with Gasteiger partial charge >= 0.3 is 0 Å². The van der Waals surface area contributed by atoms with Crippen LogP contribution in [0.4, 0.5) is 8.78 Å². The molecule has 1 saturated heterocycles. The van der Waals surface area contributed by atoms with Gasteiger partial charge in [0, 0.05) is 18.2 Å². The standard InChI is InChI=1S/C16H24F2N2/c1-3-19-12(2)13-7-9-20(10-8-13)11-14-15(17)5-4-6-16(14)18/h4-6,12-13,19H,3,7-11H2,1-2H3. The van der Waals surface area contributed by atoms with Gasteiger partial charge in [-0.3, -0.25) is 4.90 Å². The van der Waals surface area contributed by atoms with Gasteiger partial charge in [-0.1, -0.05) is 13.0 Å². The number of piperidine rings is 1. The largest absolute Gasteiger partial charge is 0.314 e. The second-order valence-corrected chi connectivity index (χ2v) is 5.66. The summed E-state index contributed by atoms with van der Waals surface area (Å²) in [5.74, 6) is -0.210. The fraction of sp³-hybridized carbons (Fsp3) is 0.625. The van der Waals surface area contributed by atoms with E-state index in [4.69, 9.17) is 0 Å². The third kappa shape index (κ3) is 3.76. The van der Waals surface area contributed by atoms with Crippen LogP contribution in [0.1, 0.15) is 32.3 Å². The van der Waals surface area contributed by atoms with E-state index in [2.05, 4.69) is 24.1 Å². The highest BCUT2D eigenvalue weighted by atomic mass is 19.1. The molecule has 0 bridgehead atoms. The monoisotopic (exact) mass is 282 g/mol. The van der Waals surface area contributed by atoms with Crippen molar-refractivity contribution in [2.75, 3.05) is 19.6 Å². The summed E-state index contributed by atoms with van der Waals surface area (Å²) in [4.78, 5) is 2.15. The Morgan fingerprint density at radius 3 is 2.40 bits per heavy atom. The highest BCUT2D eigenvalue weighted by Crippen LogP contribution is 2.23. The van der Waals surface area contributed by atoms with Crippen LogP contribution in [0, 0.1) is 17.6 Å². The Balaban J connectivity index is 1.88. The maximum absolute atomic E-state index is 13.6. The second kappa shape index (κ2) is 7.14. The minimum atomic E-state index is -0.437. The third-order valence-electron chi connectivity index (χ3n) is 4.31. The van der Waals surface area contributed by atoms with Crippen molar-refractivity contribution in [3.05, 3.63) is 35.4 Å². The molecule has 2 nitrogen and oxygen atoms in total. The van der Waals surface area contributed by atoms with E-state index in [0.29, 0.717) is 18.5 Å². The van der Waals surface area contributed by atoms with Crippen molar-refractivity contribution in [1.29, 1.82) is 0 Å². The fourth-order valence-corrected chi connectivity index (χ4v) is 3.01. The Labute approximate surface area is 120 Å². The number of nitrogens with one attached hydrogen (secondary N) is 1. The Hall–Kier alpha value is -1.00. The van der Waals surface area contributed by atoms with Gasteiger partial charge in [-0.25, -0.2) is 8.78 Å². The molecule has 1 N–H and O–H groups in total. The second-order valence-electron chi connectivity index (χ2n) is 5.66. The van der Waals surface area contributed by atoms with E-state index >= 15 is 0 Å². The van der Waals surface area contributed by atoms with E-state index in [-0.39, 0.29) is 5.56 Å². The van der Waals surface area contributed by atoms with Crippen molar-refractivity contribution in [1.82, 2.24) is 10.2 Å². The molecule has 0 amide bonds. The van der Waals surface area contributed by atoms with Crippen LogP contribution in [0.25, 0.3) is 0 Å². The van der Waals surface area contributed by atoms with Gasteiger partial charge in [-0.05, 0) is 57.5 Å². The lowest BCUT2D eigenvalue weighted by atomic mass is 9.90. The molecule has 2 rings (SSSR count). The minimum Gasteiger partial charge on any atom is -0.314 e. The SMILES string of the molecule is CCNC(C)C1CCN(Cc2c(F)cccc2F)CC1. The first-order chi connectivity index (χ1) is 9.61. The van der Waals surface area contributed by atoms with Gasteiger partial charge in [0.1, 0.15) is 11.6 Å². The number of benzene rings is 1. The molecular weight excluding hydrogens is 258 g/mol. The molecular formula is C16H24F2N2. The summed E-state index contributed by atoms with van der Waals surface area (Å²) >= 11 is 0. The van der Waals surface area contributed by atoms with Crippen LogP contribution in [-0.4, -0.2) is 30.6 Å². The first-order valence-electron chi connectivity index (χ1n) is 7.50. The van der Waals surface area contributed by atoms with Crippen molar-refractivity contribution in [3.63, 3.8) is 0 Å². The molecule has 1 unspecified atom stereocenters. The molecule has 0 aromatic heterocycles. The molecule has 1 aromatic rings. The quantitative estimate of drug-likeness (QED) is 0.892. The van der Waals surface area contributed by atoms with Gasteiger partial charge in [-0.2, -0.15) is 0 Å². The number of nitrogens with zero attached hydrogens (tertiary/aromatic N) is 1. The number of hydrogen-bond acceptors (Lipinski definition) is 2. The van der Waals surface area contributed by atoms with E-state index in [1.165, 1.54) is 18.2 Å². The zero-order chi connectivity index (χ0) is 14.5. The number of likely N-dealkylation sites (tertiary alicyclic amines) is 1. The maximum atomic E-state index is 13.6. The maximum Gasteiger partial charge on any atom is 0.130 e. The lowest BCUT2D eigenvalue weighted by Crippen LogP contribution is -2.41. The van der Waals surface area contributed by atoms with Gasteiger partial charge in [0.05, 0.1) is 0 Å². The van der Waals surface area contributed by atoms with Crippen molar-refractivity contribution in [2.45, 2.75) is 39.3 Å². The summed E-state index contributed by atoms with van der Waals surface area (Å²) in [6.45, 7) is 7.53. The zero-order valence-electron chi connectivity index (χ0n) is 12.3. The van der Waals surface area contributed by atoms with Gasteiger partial charge in [0.25, 0.3) is 0 Å². The number of hydrogen-bond donors (Lipinski definition) is 1. The van der Waals surface area contributed by atoms with E-state index in [1.54, 1.807) is 0 Å². The van der Waals surface area contributed by atoms with Crippen molar-refractivity contribution in [3.8, 4) is 0 Å². The normalized spacial score (nSPS) is 19.2. The molecule has 0 aliphatic carbocycles. The molecule has 1 heterocycles. The zero-order valence-corrected chi connectivity index (χ0v) is 12.3. The smallest absolute Gasteiger partial charge is 0.130 e. The average molecular weight is 282 g/mol. The molecule has 4 heteroatoms. The summed E-state index contributed by atoms with van der Waals surface area (Å²) in [6, 6.07) is 4.60. The predicted molar refractivity (Wildman–Crippen MR) is 77.5 cm³/mol. The lowest BCUT2D eigenvalue weighted by molar-refractivity contribution is 0.154. The third-order valence-corrected chi connectivity index (χ3v) is 4.31. The molecule has 1 aliphatic rings. The summed E-state index contributed by atoms with van der Waals surface area (Å²) in [6.07, 6.45) is 2.18. The lowest BCUT2D eigenvalue weighted by Gasteiger charge is -2.35. The molecule has 0 spiro atoms. The van der Waals surface area contributed by atoms with Crippen LogP contribution in [0.2, 0.25) is 0 Å². The molecule has 0 radical (unpaired) electrons. The Kier molecular flexibility index (Phi) is 5.49. The minimum absolute atomic E-state index is 0.200. The topological polar surface area (TPSA) is 15.3 Å². The van der Waals surface area contributed by atoms with Crippen LogP contribution in [0.15, 0.2) is 18.2 Å². The van der Waals surface area contributed by atoms with Gasteiger partial charge in [0.15, 0.2) is 0 Å². The van der Waals surface area contributed by atoms with Crippen LogP contribution in [-0.2, 0) is 6.54 Å². The van der Waals surface area contributed by atoms with Crippen molar-refractivity contribution >= 4 is 0 Å². The highest BCUT2D eigenvalue weighted by molar-refractivity contribution is 5.19. The number of rotatable bonds is 5. The molecule has 1 fully saturated rings. The summed E-state index contributed by atoms with van der Waals surface area (Å²) in [7, 11) is 0. The summed E-state index contributed by atoms with van der Waals surface area (Å²) in [5, 5.41) is 3.46. The molecule has 1 aliphatic heterocycles.